The number of aliphatic carboxylic acids is 2. The lowest BCUT2D eigenvalue weighted by molar-refractivity contribution is -0.140. The molecule has 4 nitrogen and oxygen atoms in total. The molecule has 0 aromatic rings. The van der Waals surface area contributed by atoms with Gasteiger partial charge in [-0.25, -0.2) is 9.59 Å². The van der Waals surface area contributed by atoms with Gasteiger partial charge in [-0.15, -0.1) is 0 Å². The van der Waals surface area contributed by atoms with Gasteiger partial charge in [0.1, 0.15) is 5.57 Å². The maximum atomic E-state index is 11.2. The molecule has 0 aromatic heterocycles. The molecule has 0 rings (SSSR count). The van der Waals surface area contributed by atoms with Crippen LogP contribution in [0.3, 0.4) is 0 Å². The molecule has 0 aromatic carbocycles. The number of allylic oxidation sites excluding steroid dienone is 1. The number of hydrogen-bond donors (Lipinski definition) is 2. The van der Waals surface area contributed by atoms with Crippen LogP contribution in [0.4, 0.5) is 0 Å². The first-order valence-electron chi connectivity index (χ1n) is 6.54. The van der Waals surface area contributed by atoms with Gasteiger partial charge in [0.15, 0.2) is 0 Å². The number of carbonyl (C=O) groups is 2. The van der Waals surface area contributed by atoms with Crippen LogP contribution in [-0.4, -0.2) is 22.2 Å². The van der Waals surface area contributed by atoms with Crippen LogP contribution in [0, 0.1) is 5.41 Å². The molecular formula is C14H24O4. The molecule has 0 spiro atoms. The van der Waals surface area contributed by atoms with Crippen LogP contribution in [-0.2, 0) is 9.59 Å². The van der Waals surface area contributed by atoms with Gasteiger partial charge in [-0.05, 0) is 30.3 Å². The lowest BCUT2D eigenvalue weighted by Gasteiger charge is -2.32. The molecule has 2 N–H and O–H groups in total. The van der Waals surface area contributed by atoms with Gasteiger partial charge < -0.3 is 10.2 Å². The second-order valence-corrected chi connectivity index (χ2v) is 4.88. The van der Waals surface area contributed by atoms with Crippen molar-refractivity contribution in [2.75, 3.05) is 0 Å². The minimum absolute atomic E-state index is 0.336. The van der Waals surface area contributed by atoms with E-state index in [2.05, 4.69) is 0 Å². The van der Waals surface area contributed by atoms with Crippen LogP contribution in [0.2, 0.25) is 0 Å². The first-order chi connectivity index (χ1) is 8.33. The molecule has 0 bridgehead atoms. The highest BCUT2D eigenvalue weighted by atomic mass is 16.4. The van der Waals surface area contributed by atoms with E-state index >= 15 is 0 Å². The van der Waals surface area contributed by atoms with Crippen LogP contribution in [0.1, 0.15) is 59.8 Å². The number of rotatable bonds is 8. The Labute approximate surface area is 109 Å². The molecule has 0 aliphatic rings. The smallest absolute Gasteiger partial charge is 0.343 e. The van der Waals surface area contributed by atoms with Crippen LogP contribution in [0.5, 0.6) is 0 Å². The SMILES string of the molecule is CCCC(=C(C(=O)O)C(=O)O)C(C)(CC)CCC. The largest absolute Gasteiger partial charge is 0.477 e. The molecule has 104 valence electrons. The third kappa shape index (κ3) is 3.86. The van der Waals surface area contributed by atoms with Crippen LogP contribution >= 0.6 is 0 Å². The topological polar surface area (TPSA) is 74.6 Å². The van der Waals surface area contributed by atoms with Crippen LogP contribution in [0.15, 0.2) is 11.1 Å². The Kier molecular flexibility index (Phi) is 6.66. The third-order valence-corrected chi connectivity index (χ3v) is 3.54. The molecular weight excluding hydrogens is 232 g/mol. The van der Waals surface area contributed by atoms with Crippen molar-refractivity contribution in [3.05, 3.63) is 11.1 Å². The molecule has 1 unspecified atom stereocenters. The van der Waals surface area contributed by atoms with Gasteiger partial charge >= 0.3 is 11.9 Å². The predicted octanol–water partition coefficient (Wildman–Crippen LogP) is 3.47. The number of carboxylic acid groups (broad SMARTS) is 2. The normalized spacial score (nSPS) is 13.8. The van der Waals surface area contributed by atoms with Crippen molar-refractivity contribution >= 4 is 11.9 Å². The average molecular weight is 256 g/mol. The van der Waals surface area contributed by atoms with Gasteiger partial charge in [0.25, 0.3) is 0 Å². The van der Waals surface area contributed by atoms with Gasteiger partial charge in [-0.2, -0.15) is 0 Å². The number of hydrogen-bond acceptors (Lipinski definition) is 2. The summed E-state index contributed by atoms with van der Waals surface area (Å²) in [5.74, 6) is -2.66. The highest BCUT2D eigenvalue weighted by Crippen LogP contribution is 2.40. The zero-order valence-corrected chi connectivity index (χ0v) is 11.7. The van der Waals surface area contributed by atoms with Gasteiger partial charge in [0, 0.05) is 0 Å². The Morgan fingerprint density at radius 3 is 1.78 bits per heavy atom. The van der Waals surface area contributed by atoms with Gasteiger partial charge in [0.05, 0.1) is 0 Å². The number of carboxylic acids is 2. The second kappa shape index (κ2) is 7.19. The summed E-state index contributed by atoms with van der Waals surface area (Å²) in [6.45, 7) is 7.90. The molecule has 0 heterocycles. The minimum atomic E-state index is -1.33. The molecule has 4 heteroatoms. The summed E-state index contributed by atoms with van der Waals surface area (Å²) in [5, 5.41) is 18.3. The standard InChI is InChI=1S/C14H24O4/c1-5-8-10(11(12(15)16)13(17)18)14(4,7-3)9-6-2/h5-9H2,1-4H3,(H,15,16)(H,17,18). The van der Waals surface area contributed by atoms with E-state index in [1.165, 1.54) is 0 Å². The maximum absolute atomic E-state index is 11.2. The lowest BCUT2D eigenvalue weighted by atomic mass is 9.72. The summed E-state index contributed by atoms with van der Waals surface area (Å²) in [6, 6.07) is 0. The van der Waals surface area contributed by atoms with Gasteiger partial charge in [-0.1, -0.05) is 40.5 Å². The zero-order valence-electron chi connectivity index (χ0n) is 11.7. The van der Waals surface area contributed by atoms with Gasteiger partial charge in [-0.3, -0.25) is 0 Å². The van der Waals surface area contributed by atoms with E-state index in [9.17, 15) is 9.59 Å². The third-order valence-electron chi connectivity index (χ3n) is 3.54. The molecule has 1 atom stereocenters. The Morgan fingerprint density at radius 2 is 1.50 bits per heavy atom. The molecule has 0 saturated carbocycles. The highest BCUT2D eigenvalue weighted by Gasteiger charge is 2.33. The summed E-state index contributed by atoms with van der Waals surface area (Å²) < 4.78 is 0. The van der Waals surface area contributed by atoms with Crippen molar-refractivity contribution < 1.29 is 19.8 Å². The molecule has 0 radical (unpaired) electrons. The molecule has 0 saturated heterocycles. The molecule has 0 aliphatic carbocycles. The van der Waals surface area contributed by atoms with E-state index in [1.54, 1.807) is 0 Å². The van der Waals surface area contributed by atoms with Crippen molar-refractivity contribution in [1.29, 1.82) is 0 Å². The fourth-order valence-corrected chi connectivity index (χ4v) is 2.42. The summed E-state index contributed by atoms with van der Waals surface area (Å²) in [5.41, 5.74) is -0.194. The van der Waals surface area contributed by atoms with Crippen molar-refractivity contribution in [2.24, 2.45) is 5.41 Å². The molecule has 0 amide bonds. The van der Waals surface area contributed by atoms with E-state index in [0.29, 0.717) is 12.0 Å². The fraction of sp³-hybridized carbons (Fsp3) is 0.714. The molecule has 18 heavy (non-hydrogen) atoms. The van der Waals surface area contributed by atoms with E-state index < -0.39 is 17.5 Å². The first kappa shape index (κ1) is 16.7. The Balaban J connectivity index is 5.83. The minimum Gasteiger partial charge on any atom is -0.477 e. The Hall–Kier alpha value is -1.32. The van der Waals surface area contributed by atoms with E-state index in [0.717, 1.165) is 25.7 Å². The van der Waals surface area contributed by atoms with E-state index in [4.69, 9.17) is 10.2 Å². The van der Waals surface area contributed by atoms with Crippen LogP contribution < -0.4 is 0 Å². The van der Waals surface area contributed by atoms with Crippen molar-refractivity contribution in [2.45, 2.75) is 59.8 Å². The Morgan fingerprint density at radius 1 is 1.00 bits per heavy atom. The average Bonchev–Trinajstić information content (AvgIpc) is 2.27. The summed E-state index contributed by atoms with van der Waals surface area (Å²) in [6.07, 6.45) is 3.74. The van der Waals surface area contributed by atoms with Crippen molar-refractivity contribution in [3.8, 4) is 0 Å². The zero-order chi connectivity index (χ0) is 14.3. The quantitative estimate of drug-likeness (QED) is 0.396. The summed E-state index contributed by atoms with van der Waals surface area (Å²) in [7, 11) is 0. The van der Waals surface area contributed by atoms with Gasteiger partial charge in [0.2, 0.25) is 0 Å². The monoisotopic (exact) mass is 256 g/mol. The summed E-state index contributed by atoms with van der Waals surface area (Å²) >= 11 is 0. The van der Waals surface area contributed by atoms with Crippen molar-refractivity contribution in [1.82, 2.24) is 0 Å². The first-order valence-corrected chi connectivity index (χ1v) is 6.54. The lowest BCUT2D eigenvalue weighted by Crippen LogP contribution is -2.25. The molecule has 0 fully saturated rings. The second-order valence-electron chi connectivity index (χ2n) is 4.88. The molecule has 0 aliphatic heterocycles. The van der Waals surface area contributed by atoms with Crippen LogP contribution in [0.25, 0.3) is 0 Å². The Bertz CT molecular complexity index is 328. The van der Waals surface area contributed by atoms with E-state index in [-0.39, 0.29) is 5.41 Å². The van der Waals surface area contributed by atoms with Crippen molar-refractivity contribution in [3.63, 3.8) is 0 Å². The maximum Gasteiger partial charge on any atom is 0.343 e. The fourth-order valence-electron chi connectivity index (χ4n) is 2.42. The van der Waals surface area contributed by atoms with E-state index in [1.807, 2.05) is 27.7 Å². The summed E-state index contributed by atoms with van der Waals surface area (Å²) in [4.78, 5) is 22.4. The highest BCUT2D eigenvalue weighted by molar-refractivity contribution is 6.13. The predicted molar refractivity (Wildman–Crippen MR) is 70.5 cm³/mol.